The number of hydrogen-bond donors (Lipinski definition) is 1. The van der Waals surface area contributed by atoms with E-state index in [1.807, 2.05) is 18.2 Å². The predicted octanol–water partition coefficient (Wildman–Crippen LogP) is 5.24. The van der Waals surface area contributed by atoms with Gasteiger partial charge in [0, 0.05) is 11.8 Å². The molecule has 170 valence electrons. The molecular weight excluding hydrogens is 438 g/mol. The van der Waals surface area contributed by atoms with Crippen LogP contribution in [0.15, 0.2) is 72.9 Å². The van der Waals surface area contributed by atoms with Crippen LogP contribution in [0.25, 0.3) is 16.9 Å². The Hall–Kier alpha value is -3.88. The van der Waals surface area contributed by atoms with Crippen molar-refractivity contribution in [1.29, 1.82) is 0 Å². The molecule has 0 aliphatic rings. The molecule has 2 aromatic heterocycles. The Morgan fingerprint density at radius 1 is 1.00 bits per heavy atom. The Bertz CT molecular complexity index is 1250. The number of rotatable bonds is 7. The summed E-state index contributed by atoms with van der Waals surface area (Å²) in [7, 11) is 0. The summed E-state index contributed by atoms with van der Waals surface area (Å²) in [6.45, 7) is 0.0748. The number of nitrogens with zero attached hydrogens (tertiary/aromatic N) is 2. The Morgan fingerprint density at radius 3 is 2.42 bits per heavy atom. The smallest absolute Gasteiger partial charge is 0.417 e. The van der Waals surface area contributed by atoms with Crippen LogP contribution < -0.4 is 10.1 Å². The lowest BCUT2D eigenvalue weighted by Gasteiger charge is -2.11. The molecule has 33 heavy (non-hydrogen) atoms. The highest BCUT2D eigenvalue weighted by Crippen LogP contribution is 2.31. The number of aromatic nitrogens is 2. The van der Waals surface area contributed by atoms with Crippen molar-refractivity contribution in [3.63, 3.8) is 0 Å². The van der Waals surface area contributed by atoms with E-state index in [9.17, 15) is 22.4 Å². The van der Waals surface area contributed by atoms with Crippen molar-refractivity contribution in [1.82, 2.24) is 14.7 Å². The third-order valence-corrected chi connectivity index (χ3v) is 4.96. The maximum absolute atomic E-state index is 13.4. The maximum Gasteiger partial charge on any atom is 0.417 e. The van der Waals surface area contributed by atoms with Gasteiger partial charge in [-0.25, -0.2) is 9.37 Å². The van der Waals surface area contributed by atoms with E-state index in [1.165, 1.54) is 34.7 Å². The zero-order chi connectivity index (χ0) is 23.4. The molecule has 9 heteroatoms. The Morgan fingerprint density at radius 2 is 1.73 bits per heavy atom. The van der Waals surface area contributed by atoms with Gasteiger partial charge < -0.3 is 14.5 Å². The molecule has 0 fully saturated rings. The molecule has 0 aliphatic heterocycles. The average molecular weight is 457 g/mol. The number of alkyl halides is 3. The number of para-hydroxylation sites is 1. The summed E-state index contributed by atoms with van der Waals surface area (Å²) in [5.74, 6) is -0.154. The first-order valence-electron chi connectivity index (χ1n) is 10.1. The van der Waals surface area contributed by atoms with Gasteiger partial charge in [0.15, 0.2) is 0 Å². The molecule has 1 N–H and O–H groups in total. The van der Waals surface area contributed by atoms with Gasteiger partial charge in [-0.15, -0.1) is 0 Å². The lowest BCUT2D eigenvalue weighted by atomic mass is 10.1. The van der Waals surface area contributed by atoms with E-state index < -0.39 is 17.6 Å². The highest BCUT2D eigenvalue weighted by molar-refractivity contribution is 5.76. The van der Waals surface area contributed by atoms with Crippen LogP contribution in [0.5, 0.6) is 5.75 Å². The number of pyridine rings is 1. The number of imidazole rings is 1. The lowest BCUT2D eigenvalue weighted by molar-refractivity contribution is -0.137. The van der Waals surface area contributed by atoms with Crippen LogP contribution in [0.4, 0.5) is 17.6 Å². The number of benzene rings is 2. The maximum atomic E-state index is 13.4. The molecule has 0 bridgehead atoms. The summed E-state index contributed by atoms with van der Waals surface area (Å²) < 4.78 is 59.9. The molecule has 1 amide bonds. The van der Waals surface area contributed by atoms with Gasteiger partial charge in [0.05, 0.1) is 36.5 Å². The fraction of sp³-hybridized carbons (Fsp3) is 0.167. The number of carbonyl (C=O) groups excluding carboxylic acids is 1. The highest BCUT2D eigenvalue weighted by Gasteiger charge is 2.31. The van der Waals surface area contributed by atoms with Gasteiger partial charge in [-0.3, -0.25) is 4.79 Å². The van der Waals surface area contributed by atoms with E-state index in [4.69, 9.17) is 4.74 Å². The second-order valence-electron chi connectivity index (χ2n) is 7.25. The third-order valence-electron chi connectivity index (χ3n) is 4.96. The number of carbonyl (C=O) groups is 1. The van der Waals surface area contributed by atoms with Gasteiger partial charge in [0.2, 0.25) is 5.91 Å². The molecule has 0 unspecified atom stereocenters. The monoisotopic (exact) mass is 457 g/mol. The zero-order valence-electron chi connectivity index (χ0n) is 17.3. The van der Waals surface area contributed by atoms with Gasteiger partial charge in [0.1, 0.15) is 17.2 Å². The quantitative estimate of drug-likeness (QED) is 0.386. The zero-order valence-corrected chi connectivity index (χ0v) is 17.3. The fourth-order valence-electron chi connectivity index (χ4n) is 3.32. The number of halogens is 4. The molecular formula is C24H19F4N3O2. The van der Waals surface area contributed by atoms with Gasteiger partial charge in [-0.05, 0) is 48.5 Å². The van der Waals surface area contributed by atoms with Crippen LogP contribution >= 0.6 is 0 Å². The molecule has 0 radical (unpaired) electrons. The molecule has 0 saturated carbocycles. The van der Waals surface area contributed by atoms with E-state index in [2.05, 4.69) is 10.3 Å². The fourth-order valence-corrected chi connectivity index (χ4v) is 3.32. The molecule has 4 aromatic rings. The molecule has 0 spiro atoms. The Kier molecular flexibility index (Phi) is 6.30. The van der Waals surface area contributed by atoms with Crippen LogP contribution in [-0.2, 0) is 17.5 Å². The highest BCUT2D eigenvalue weighted by atomic mass is 19.4. The number of ether oxygens (including phenoxy) is 1. The van der Waals surface area contributed by atoms with E-state index in [1.54, 1.807) is 12.1 Å². The first-order valence-corrected chi connectivity index (χ1v) is 10.1. The number of amides is 1. The van der Waals surface area contributed by atoms with E-state index in [0.29, 0.717) is 22.7 Å². The minimum atomic E-state index is -4.54. The van der Waals surface area contributed by atoms with E-state index in [-0.39, 0.29) is 31.1 Å². The van der Waals surface area contributed by atoms with Crippen molar-refractivity contribution in [3.8, 4) is 17.0 Å². The SMILES string of the molecule is O=C(CCOc1ccccc1)NCc1c(-c2ccc(F)cc2)nc2ccc(C(F)(F)F)cn12. The van der Waals surface area contributed by atoms with Crippen LogP contribution in [0.3, 0.4) is 0 Å². The van der Waals surface area contributed by atoms with Gasteiger partial charge >= 0.3 is 6.18 Å². The lowest BCUT2D eigenvalue weighted by Crippen LogP contribution is -2.25. The van der Waals surface area contributed by atoms with Crippen molar-refractivity contribution in [2.24, 2.45) is 0 Å². The van der Waals surface area contributed by atoms with Crippen molar-refractivity contribution >= 4 is 11.6 Å². The Balaban J connectivity index is 1.56. The predicted molar refractivity (Wildman–Crippen MR) is 114 cm³/mol. The van der Waals surface area contributed by atoms with Crippen molar-refractivity contribution in [2.75, 3.05) is 6.61 Å². The number of fused-ring (bicyclic) bond motifs is 1. The molecule has 0 aliphatic carbocycles. The van der Waals surface area contributed by atoms with Crippen molar-refractivity contribution < 1.29 is 27.1 Å². The summed E-state index contributed by atoms with van der Waals surface area (Å²) in [5.41, 5.74) is 0.654. The van der Waals surface area contributed by atoms with Gasteiger partial charge in [-0.2, -0.15) is 13.2 Å². The van der Waals surface area contributed by atoms with E-state index in [0.717, 1.165) is 12.3 Å². The minimum absolute atomic E-state index is 0.0608. The molecule has 0 atom stereocenters. The van der Waals surface area contributed by atoms with Crippen LogP contribution in [0, 0.1) is 5.82 Å². The van der Waals surface area contributed by atoms with Crippen molar-refractivity contribution in [3.05, 3.63) is 90.0 Å². The third kappa shape index (κ3) is 5.31. The summed E-state index contributed by atoms with van der Waals surface area (Å²) in [5, 5.41) is 2.71. The van der Waals surface area contributed by atoms with Crippen molar-refractivity contribution in [2.45, 2.75) is 19.1 Å². The number of hydrogen-bond acceptors (Lipinski definition) is 3. The summed E-state index contributed by atoms with van der Waals surface area (Å²) in [6, 6.07) is 16.7. The molecule has 2 aromatic carbocycles. The first-order chi connectivity index (χ1) is 15.8. The van der Waals surface area contributed by atoms with Crippen LogP contribution in [0.1, 0.15) is 17.7 Å². The van der Waals surface area contributed by atoms with Crippen LogP contribution in [-0.4, -0.2) is 21.9 Å². The average Bonchev–Trinajstić information content (AvgIpc) is 3.16. The summed E-state index contributed by atoms with van der Waals surface area (Å²) in [6.07, 6.45) is -3.54. The molecule has 5 nitrogen and oxygen atoms in total. The second-order valence-corrected chi connectivity index (χ2v) is 7.25. The molecule has 2 heterocycles. The van der Waals surface area contributed by atoms with Crippen LogP contribution in [0.2, 0.25) is 0 Å². The molecule has 0 saturated heterocycles. The summed E-state index contributed by atoms with van der Waals surface area (Å²) in [4.78, 5) is 16.7. The topological polar surface area (TPSA) is 55.6 Å². The Labute approximate surface area is 186 Å². The largest absolute Gasteiger partial charge is 0.493 e. The number of nitrogens with one attached hydrogen (secondary N) is 1. The normalized spacial score (nSPS) is 11.5. The first kappa shape index (κ1) is 22.3. The van der Waals surface area contributed by atoms with Gasteiger partial charge in [-0.1, -0.05) is 18.2 Å². The summed E-state index contributed by atoms with van der Waals surface area (Å²) >= 11 is 0. The standard InChI is InChI=1S/C24H19F4N3O2/c25-18-9-6-16(7-10-18)23-20(31-15-17(24(26,27)28)8-11-21(31)30-23)14-29-22(32)12-13-33-19-4-2-1-3-5-19/h1-11,15H,12-14H2,(H,29,32). The minimum Gasteiger partial charge on any atom is -0.493 e. The second kappa shape index (κ2) is 9.32. The molecule has 4 rings (SSSR count). The van der Waals surface area contributed by atoms with E-state index >= 15 is 0 Å². The van der Waals surface area contributed by atoms with Gasteiger partial charge in [0.25, 0.3) is 0 Å².